The van der Waals surface area contributed by atoms with Gasteiger partial charge in [-0.05, 0) is 30.7 Å². The summed E-state index contributed by atoms with van der Waals surface area (Å²) in [6.07, 6.45) is 0. The first-order valence-corrected chi connectivity index (χ1v) is 6.86. The molecular formula is C15H16BrNO2. The molecular weight excluding hydrogens is 306 g/mol. The molecule has 0 amide bonds. The Morgan fingerprint density at radius 2 is 1.79 bits per heavy atom. The maximum atomic E-state index is 9.72. The first-order valence-electron chi connectivity index (χ1n) is 6.06. The number of halogens is 1. The number of phenols is 2. The highest BCUT2D eigenvalue weighted by Crippen LogP contribution is 2.28. The largest absolute Gasteiger partial charge is 0.504 e. The molecule has 0 aliphatic rings. The van der Waals surface area contributed by atoms with Crippen molar-refractivity contribution < 1.29 is 10.2 Å². The third-order valence-corrected chi connectivity index (χ3v) is 3.60. The third kappa shape index (κ3) is 3.49. The van der Waals surface area contributed by atoms with Gasteiger partial charge in [0, 0.05) is 22.6 Å². The Hall–Kier alpha value is -1.52. The van der Waals surface area contributed by atoms with Crippen molar-refractivity contribution in [3.05, 3.63) is 58.1 Å². The van der Waals surface area contributed by atoms with Gasteiger partial charge in [-0.2, -0.15) is 0 Å². The van der Waals surface area contributed by atoms with Gasteiger partial charge in [0.1, 0.15) is 0 Å². The number of aromatic hydroxyl groups is 2. The average molecular weight is 322 g/mol. The fraction of sp³-hybridized carbons (Fsp3) is 0.200. The van der Waals surface area contributed by atoms with E-state index in [1.165, 1.54) is 11.6 Å². The lowest BCUT2D eigenvalue weighted by atomic mass is 10.1. The zero-order valence-electron chi connectivity index (χ0n) is 10.6. The van der Waals surface area contributed by atoms with Crippen LogP contribution in [0.3, 0.4) is 0 Å². The summed E-state index contributed by atoms with van der Waals surface area (Å²) in [4.78, 5) is 0. The van der Waals surface area contributed by atoms with E-state index >= 15 is 0 Å². The number of benzene rings is 2. The van der Waals surface area contributed by atoms with Crippen molar-refractivity contribution >= 4 is 15.9 Å². The van der Waals surface area contributed by atoms with Gasteiger partial charge in [0.2, 0.25) is 0 Å². The summed E-state index contributed by atoms with van der Waals surface area (Å²) >= 11 is 3.41. The lowest BCUT2D eigenvalue weighted by Gasteiger charge is -2.15. The van der Waals surface area contributed by atoms with E-state index in [1.54, 1.807) is 12.1 Å². The Labute approximate surface area is 121 Å². The molecule has 0 saturated carbocycles. The molecule has 0 spiro atoms. The summed E-state index contributed by atoms with van der Waals surface area (Å²) < 4.78 is 1.05. The maximum Gasteiger partial charge on any atom is 0.161 e. The predicted octanol–water partition coefficient (Wildman–Crippen LogP) is 3.71. The second-order valence-electron chi connectivity index (χ2n) is 4.44. The third-order valence-electron chi connectivity index (χ3n) is 3.07. The zero-order valence-corrected chi connectivity index (χ0v) is 12.2. The van der Waals surface area contributed by atoms with Crippen molar-refractivity contribution in [2.75, 3.05) is 0 Å². The van der Waals surface area contributed by atoms with Gasteiger partial charge in [-0.3, -0.25) is 0 Å². The summed E-state index contributed by atoms with van der Waals surface area (Å²) in [5.41, 5.74) is 1.85. The lowest BCUT2D eigenvalue weighted by molar-refractivity contribution is 0.396. The molecule has 0 aliphatic heterocycles. The minimum atomic E-state index is -0.0874. The molecule has 0 radical (unpaired) electrons. The molecule has 0 bridgehead atoms. The number of nitrogens with one attached hydrogen (secondary N) is 1. The Bertz CT molecular complexity index is 555. The van der Waals surface area contributed by atoms with Crippen LogP contribution in [0.25, 0.3) is 0 Å². The Morgan fingerprint density at radius 3 is 2.47 bits per heavy atom. The summed E-state index contributed by atoms with van der Waals surface area (Å²) in [5.74, 6) is -0.145. The molecule has 0 unspecified atom stereocenters. The highest BCUT2D eigenvalue weighted by molar-refractivity contribution is 9.10. The van der Waals surface area contributed by atoms with E-state index in [1.807, 2.05) is 24.3 Å². The number of hydrogen-bond donors (Lipinski definition) is 3. The lowest BCUT2D eigenvalue weighted by Crippen LogP contribution is -2.18. The smallest absolute Gasteiger partial charge is 0.161 e. The summed E-state index contributed by atoms with van der Waals surface area (Å²) in [7, 11) is 0. The Morgan fingerprint density at radius 1 is 1.11 bits per heavy atom. The molecule has 3 nitrogen and oxygen atoms in total. The van der Waals surface area contributed by atoms with Gasteiger partial charge in [-0.25, -0.2) is 0 Å². The van der Waals surface area contributed by atoms with Crippen molar-refractivity contribution in [3.63, 3.8) is 0 Å². The molecule has 19 heavy (non-hydrogen) atoms. The number of hydrogen-bond acceptors (Lipinski definition) is 3. The predicted molar refractivity (Wildman–Crippen MR) is 79.2 cm³/mol. The van der Waals surface area contributed by atoms with E-state index in [-0.39, 0.29) is 17.5 Å². The van der Waals surface area contributed by atoms with Crippen LogP contribution in [0.5, 0.6) is 11.5 Å². The van der Waals surface area contributed by atoms with Gasteiger partial charge < -0.3 is 15.5 Å². The SMILES string of the molecule is C[C@@H](NCc1cccc(O)c1O)c1ccc(Br)cc1. The first-order chi connectivity index (χ1) is 9.08. The normalized spacial score (nSPS) is 12.3. The fourth-order valence-electron chi connectivity index (χ4n) is 1.85. The van der Waals surface area contributed by atoms with E-state index in [2.05, 4.69) is 28.2 Å². The van der Waals surface area contributed by atoms with E-state index < -0.39 is 0 Å². The molecule has 0 fully saturated rings. The van der Waals surface area contributed by atoms with E-state index in [9.17, 15) is 10.2 Å². The van der Waals surface area contributed by atoms with Gasteiger partial charge in [-0.15, -0.1) is 0 Å². The van der Waals surface area contributed by atoms with Gasteiger partial charge in [0.15, 0.2) is 11.5 Å². The number of phenolic OH excluding ortho intramolecular Hbond substituents is 2. The fourth-order valence-corrected chi connectivity index (χ4v) is 2.12. The molecule has 3 N–H and O–H groups in total. The molecule has 0 aromatic heterocycles. The molecule has 0 heterocycles. The van der Waals surface area contributed by atoms with Gasteiger partial charge >= 0.3 is 0 Å². The van der Waals surface area contributed by atoms with Gasteiger partial charge in [-0.1, -0.05) is 40.2 Å². The summed E-state index contributed by atoms with van der Waals surface area (Å²) in [5, 5.41) is 22.5. The second-order valence-corrected chi connectivity index (χ2v) is 5.35. The zero-order chi connectivity index (χ0) is 13.8. The molecule has 100 valence electrons. The van der Waals surface area contributed by atoms with Crippen LogP contribution in [0, 0.1) is 0 Å². The molecule has 2 rings (SSSR count). The molecule has 0 aliphatic carbocycles. The molecule has 1 atom stereocenters. The molecule has 2 aromatic carbocycles. The molecule has 0 saturated heterocycles. The van der Waals surface area contributed by atoms with Crippen LogP contribution < -0.4 is 5.32 Å². The van der Waals surface area contributed by atoms with Gasteiger partial charge in [0.05, 0.1) is 0 Å². The number of para-hydroxylation sites is 1. The van der Waals surface area contributed by atoms with Crippen LogP contribution in [0.2, 0.25) is 0 Å². The topological polar surface area (TPSA) is 52.5 Å². The summed E-state index contributed by atoms with van der Waals surface area (Å²) in [6.45, 7) is 2.56. The maximum absolute atomic E-state index is 9.72. The first kappa shape index (κ1) is 13.9. The average Bonchev–Trinajstić information content (AvgIpc) is 2.41. The van der Waals surface area contributed by atoms with Crippen LogP contribution in [-0.2, 0) is 6.54 Å². The van der Waals surface area contributed by atoms with Gasteiger partial charge in [0.25, 0.3) is 0 Å². The van der Waals surface area contributed by atoms with Crippen molar-refractivity contribution in [3.8, 4) is 11.5 Å². The molecule has 2 aromatic rings. The van der Waals surface area contributed by atoms with E-state index in [0.29, 0.717) is 12.1 Å². The second kappa shape index (κ2) is 6.08. The van der Waals surface area contributed by atoms with E-state index in [4.69, 9.17) is 0 Å². The summed E-state index contributed by atoms with van der Waals surface area (Å²) in [6, 6.07) is 13.2. The van der Waals surface area contributed by atoms with Crippen LogP contribution in [-0.4, -0.2) is 10.2 Å². The highest BCUT2D eigenvalue weighted by Gasteiger charge is 2.08. The standard InChI is InChI=1S/C15H16BrNO2/c1-10(11-5-7-13(16)8-6-11)17-9-12-3-2-4-14(18)15(12)19/h2-8,10,17-19H,9H2,1H3/t10-/m1/s1. The van der Waals surface area contributed by atoms with Crippen molar-refractivity contribution in [2.24, 2.45) is 0 Å². The number of rotatable bonds is 4. The van der Waals surface area contributed by atoms with Crippen molar-refractivity contribution in [2.45, 2.75) is 19.5 Å². The Balaban J connectivity index is 2.02. The quantitative estimate of drug-likeness (QED) is 0.752. The minimum absolute atomic E-state index is 0.0574. The highest BCUT2D eigenvalue weighted by atomic mass is 79.9. The van der Waals surface area contributed by atoms with Crippen LogP contribution in [0.15, 0.2) is 46.9 Å². The van der Waals surface area contributed by atoms with E-state index in [0.717, 1.165) is 4.47 Å². The van der Waals surface area contributed by atoms with Crippen LogP contribution in [0.1, 0.15) is 24.1 Å². The Kier molecular flexibility index (Phi) is 4.45. The van der Waals surface area contributed by atoms with Crippen molar-refractivity contribution in [1.82, 2.24) is 5.32 Å². The van der Waals surface area contributed by atoms with Crippen LogP contribution in [0.4, 0.5) is 0 Å². The van der Waals surface area contributed by atoms with Crippen molar-refractivity contribution in [1.29, 1.82) is 0 Å². The molecule has 4 heteroatoms. The monoisotopic (exact) mass is 321 g/mol. The van der Waals surface area contributed by atoms with Crippen LogP contribution >= 0.6 is 15.9 Å². The minimum Gasteiger partial charge on any atom is -0.504 e.